The summed E-state index contributed by atoms with van der Waals surface area (Å²) in [6, 6.07) is 9.36. The van der Waals surface area contributed by atoms with Crippen LogP contribution in [0.2, 0.25) is 5.02 Å². The molecule has 28 heavy (non-hydrogen) atoms. The molecule has 1 aromatic carbocycles. The van der Waals surface area contributed by atoms with E-state index in [9.17, 15) is 4.79 Å². The molecular weight excluding hydrogens is 374 g/mol. The molecule has 0 amide bonds. The van der Waals surface area contributed by atoms with E-state index in [1.54, 1.807) is 13.2 Å². The van der Waals surface area contributed by atoms with Gasteiger partial charge in [0.25, 0.3) is 0 Å². The molecule has 0 fully saturated rings. The summed E-state index contributed by atoms with van der Waals surface area (Å²) in [7, 11) is 1.54. The van der Waals surface area contributed by atoms with Crippen molar-refractivity contribution in [2.75, 3.05) is 19.0 Å². The molecule has 0 radical (unpaired) electrons. The second kappa shape index (κ2) is 9.60. The number of rotatable bonds is 9. The van der Waals surface area contributed by atoms with Gasteiger partial charge in [0, 0.05) is 47.6 Å². The molecule has 0 saturated heterocycles. The average Bonchev–Trinajstić information content (AvgIpc) is 2.69. The summed E-state index contributed by atoms with van der Waals surface area (Å²) in [5.74, 6) is 0.442. The molecule has 0 unspecified atom stereocenters. The quantitative estimate of drug-likeness (QED) is 0.512. The van der Waals surface area contributed by atoms with Crippen molar-refractivity contribution in [3.63, 3.8) is 0 Å². The molecule has 148 valence electrons. The molecule has 2 heterocycles. The lowest BCUT2D eigenvalue weighted by Gasteiger charge is -2.13. The first-order valence-electron chi connectivity index (χ1n) is 9.62. The van der Waals surface area contributed by atoms with Gasteiger partial charge in [0.15, 0.2) is 5.75 Å². The lowest BCUT2D eigenvalue weighted by atomic mass is 10.1. The van der Waals surface area contributed by atoms with Gasteiger partial charge in [-0.05, 0) is 44.0 Å². The maximum atomic E-state index is 11.7. The van der Waals surface area contributed by atoms with E-state index in [0.29, 0.717) is 10.8 Å². The highest BCUT2D eigenvalue weighted by Gasteiger charge is 2.07. The van der Waals surface area contributed by atoms with Crippen molar-refractivity contribution in [1.29, 1.82) is 0 Å². The van der Waals surface area contributed by atoms with E-state index in [1.165, 1.54) is 0 Å². The number of unbranched alkanes of at least 4 members (excludes halogenated alkanes) is 3. The highest BCUT2D eigenvalue weighted by atomic mass is 35.5. The van der Waals surface area contributed by atoms with Crippen LogP contribution < -0.4 is 15.5 Å². The molecule has 0 aliphatic rings. The maximum Gasteiger partial charge on any atom is 0.223 e. The predicted octanol–water partition coefficient (Wildman–Crippen LogP) is 5.04. The lowest BCUT2D eigenvalue weighted by molar-refractivity contribution is 0.398. The molecular formula is C22H26ClN3O2. The molecule has 2 aromatic heterocycles. The number of halogens is 1. The van der Waals surface area contributed by atoms with E-state index in [1.807, 2.05) is 43.6 Å². The summed E-state index contributed by atoms with van der Waals surface area (Å²) >= 11 is 6.04. The summed E-state index contributed by atoms with van der Waals surface area (Å²) in [6.45, 7) is 3.74. The van der Waals surface area contributed by atoms with Crippen molar-refractivity contribution < 1.29 is 4.74 Å². The molecule has 1 N–H and O–H groups in total. The summed E-state index contributed by atoms with van der Waals surface area (Å²) in [4.78, 5) is 16.1. The molecule has 0 saturated carbocycles. The topological polar surface area (TPSA) is 56.1 Å². The summed E-state index contributed by atoms with van der Waals surface area (Å²) in [5, 5.41) is 5.30. The fraction of sp³-hybridized carbons (Fsp3) is 0.364. The van der Waals surface area contributed by atoms with Gasteiger partial charge in [-0.3, -0.25) is 9.78 Å². The molecule has 3 rings (SSSR count). The predicted molar refractivity (Wildman–Crippen MR) is 116 cm³/mol. The van der Waals surface area contributed by atoms with Gasteiger partial charge in [-0.15, -0.1) is 0 Å². The zero-order valence-corrected chi connectivity index (χ0v) is 17.1. The Balaban J connectivity index is 1.42. The van der Waals surface area contributed by atoms with E-state index >= 15 is 0 Å². The third kappa shape index (κ3) is 4.84. The standard InChI is InChI=1S/C22H26ClN3O2/c1-16-22(28-2)21(27)10-14-26(16)13-6-4-3-5-11-24-19-9-12-25-20-15-17(23)7-8-18(19)20/h7-10,12,14-15H,3-6,11,13H2,1-2H3,(H,24,25). The number of aromatic nitrogens is 2. The Kier molecular flexibility index (Phi) is 6.93. The second-order valence-electron chi connectivity index (χ2n) is 6.85. The normalized spacial score (nSPS) is 11.0. The summed E-state index contributed by atoms with van der Waals surface area (Å²) in [6.07, 6.45) is 8.12. The van der Waals surface area contributed by atoms with Crippen LogP contribution in [-0.4, -0.2) is 23.2 Å². The number of hydrogen-bond donors (Lipinski definition) is 1. The van der Waals surface area contributed by atoms with E-state index in [0.717, 1.165) is 61.1 Å². The van der Waals surface area contributed by atoms with Crippen molar-refractivity contribution in [2.24, 2.45) is 0 Å². The third-order valence-corrected chi connectivity index (χ3v) is 5.17. The first kappa shape index (κ1) is 20.2. The van der Waals surface area contributed by atoms with Gasteiger partial charge in [-0.25, -0.2) is 0 Å². The Morgan fingerprint density at radius 2 is 1.96 bits per heavy atom. The van der Waals surface area contributed by atoms with E-state index in [4.69, 9.17) is 16.3 Å². The number of aryl methyl sites for hydroxylation is 1. The van der Waals surface area contributed by atoms with Gasteiger partial charge in [-0.2, -0.15) is 0 Å². The molecule has 0 atom stereocenters. The van der Waals surface area contributed by atoms with Crippen LogP contribution in [0.4, 0.5) is 5.69 Å². The van der Waals surface area contributed by atoms with Gasteiger partial charge in [-0.1, -0.05) is 24.4 Å². The zero-order valence-electron chi connectivity index (χ0n) is 16.4. The Labute approximate surface area is 170 Å². The molecule has 0 aliphatic heterocycles. The van der Waals surface area contributed by atoms with Gasteiger partial charge in [0.05, 0.1) is 18.3 Å². The van der Waals surface area contributed by atoms with Gasteiger partial charge >= 0.3 is 0 Å². The van der Waals surface area contributed by atoms with Crippen LogP contribution in [0, 0.1) is 6.92 Å². The number of methoxy groups -OCH3 is 1. The Hall–Kier alpha value is -2.53. The summed E-state index contributed by atoms with van der Waals surface area (Å²) < 4.78 is 7.29. The Bertz CT molecular complexity index is 1000. The van der Waals surface area contributed by atoms with Crippen LogP contribution in [0.5, 0.6) is 5.75 Å². The van der Waals surface area contributed by atoms with Crippen molar-refractivity contribution in [3.8, 4) is 5.75 Å². The molecule has 5 nitrogen and oxygen atoms in total. The smallest absolute Gasteiger partial charge is 0.223 e. The lowest BCUT2D eigenvalue weighted by Crippen LogP contribution is -2.13. The van der Waals surface area contributed by atoms with Gasteiger partial charge < -0.3 is 14.6 Å². The second-order valence-corrected chi connectivity index (χ2v) is 7.29. The van der Waals surface area contributed by atoms with Crippen molar-refractivity contribution >= 4 is 28.2 Å². The Morgan fingerprint density at radius 3 is 2.79 bits per heavy atom. The number of benzene rings is 1. The van der Waals surface area contributed by atoms with Crippen LogP contribution in [0.1, 0.15) is 31.4 Å². The third-order valence-electron chi connectivity index (χ3n) is 4.94. The van der Waals surface area contributed by atoms with E-state index < -0.39 is 0 Å². The Morgan fingerprint density at radius 1 is 1.14 bits per heavy atom. The molecule has 0 aliphatic carbocycles. The highest BCUT2D eigenvalue weighted by Crippen LogP contribution is 2.24. The minimum Gasteiger partial charge on any atom is -0.491 e. The van der Waals surface area contributed by atoms with Gasteiger partial charge in [0.1, 0.15) is 0 Å². The largest absolute Gasteiger partial charge is 0.491 e. The first-order valence-corrected chi connectivity index (χ1v) is 10.00. The fourth-order valence-electron chi connectivity index (χ4n) is 3.40. The zero-order chi connectivity index (χ0) is 19.9. The van der Waals surface area contributed by atoms with Crippen molar-refractivity contribution in [3.05, 3.63) is 63.7 Å². The SMILES string of the molecule is COc1c(C)n(CCCCCCNc2ccnc3cc(Cl)ccc23)ccc1=O. The van der Waals surface area contributed by atoms with E-state index in [-0.39, 0.29) is 5.43 Å². The number of ether oxygens (including phenoxy) is 1. The number of nitrogens with zero attached hydrogens (tertiary/aromatic N) is 2. The molecule has 0 spiro atoms. The fourth-order valence-corrected chi connectivity index (χ4v) is 3.57. The number of fused-ring (bicyclic) bond motifs is 1. The first-order chi connectivity index (χ1) is 13.6. The molecule has 6 heteroatoms. The molecule has 3 aromatic rings. The van der Waals surface area contributed by atoms with Crippen LogP contribution in [0.15, 0.2) is 47.5 Å². The number of pyridine rings is 2. The average molecular weight is 400 g/mol. The van der Waals surface area contributed by atoms with Crippen LogP contribution in [-0.2, 0) is 6.54 Å². The van der Waals surface area contributed by atoms with Crippen LogP contribution >= 0.6 is 11.6 Å². The monoisotopic (exact) mass is 399 g/mol. The molecule has 0 bridgehead atoms. The maximum absolute atomic E-state index is 11.7. The van der Waals surface area contributed by atoms with Crippen molar-refractivity contribution in [1.82, 2.24) is 9.55 Å². The highest BCUT2D eigenvalue weighted by molar-refractivity contribution is 6.31. The van der Waals surface area contributed by atoms with E-state index in [2.05, 4.69) is 14.9 Å². The van der Waals surface area contributed by atoms with Crippen LogP contribution in [0.3, 0.4) is 0 Å². The van der Waals surface area contributed by atoms with Crippen LogP contribution in [0.25, 0.3) is 10.9 Å². The number of anilines is 1. The minimum absolute atomic E-state index is 0.0618. The van der Waals surface area contributed by atoms with Crippen molar-refractivity contribution in [2.45, 2.75) is 39.2 Å². The number of nitrogens with one attached hydrogen (secondary N) is 1. The summed E-state index contributed by atoms with van der Waals surface area (Å²) in [5.41, 5.74) is 2.83. The minimum atomic E-state index is -0.0618. The van der Waals surface area contributed by atoms with Gasteiger partial charge in [0.2, 0.25) is 5.43 Å². The number of hydrogen-bond acceptors (Lipinski definition) is 4.